The van der Waals surface area contributed by atoms with E-state index in [-0.39, 0.29) is 0 Å². The molecular weight excluding hydrogens is 176 g/mol. The standard InChI is InChI=1S/C11H24N2O/c1-4-10(5-2)13(6-7-14-3)11-8-12-9-11/h10-12H,4-9H2,1-3H3. The van der Waals surface area contributed by atoms with Gasteiger partial charge in [-0.25, -0.2) is 0 Å². The van der Waals surface area contributed by atoms with Gasteiger partial charge in [-0.3, -0.25) is 4.90 Å². The highest BCUT2D eigenvalue weighted by Crippen LogP contribution is 2.14. The Morgan fingerprint density at radius 2 is 2.00 bits per heavy atom. The minimum Gasteiger partial charge on any atom is -0.383 e. The van der Waals surface area contributed by atoms with Gasteiger partial charge in [0.25, 0.3) is 0 Å². The fourth-order valence-electron chi connectivity index (χ4n) is 2.13. The summed E-state index contributed by atoms with van der Waals surface area (Å²) >= 11 is 0. The zero-order chi connectivity index (χ0) is 10.4. The van der Waals surface area contributed by atoms with Crippen LogP contribution in [-0.2, 0) is 4.74 Å². The van der Waals surface area contributed by atoms with Crippen molar-refractivity contribution >= 4 is 0 Å². The lowest BCUT2D eigenvalue weighted by Gasteiger charge is -2.42. The number of hydrogen-bond donors (Lipinski definition) is 1. The Kier molecular flexibility index (Phi) is 5.45. The molecule has 1 fully saturated rings. The van der Waals surface area contributed by atoms with Crippen LogP contribution >= 0.6 is 0 Å². The molecule has 3 heteroatoms. The molecule has 0 radical (unpaired) electrons. The van der Waals surface area contributed by atoms with E-state index >= 15 is 0 Å². The van der Waals surface area contributed by atoms with Crippen LogP contribution in [0.15, 0.2) is 0 Å². The Hall–Kier alpha value is -0.120. The van der Waals surface area contributed by atoms with Gasteiger partial charge in [-0.15, -0.1) is 0 Å². The molecule has 0 aromatic heterocycles. The SMILES string of the molecule is CCC(CC)N(CCOC)C1CNC1. The molecule has 1 N–H and O–H groups in total. The van der Waals surface area contributed by atoms with Crippen LogP contribution in [0.4, 0.5) is 0 Å². The van der Waals surface area contributed by atoms with E-state index in [9.17, 15) is 0 Å². The second-order valence-corrected chi connectivity index (χ2v) is 4.01. The molecule has 0 spiro atoms. The molecular formula is C11H24N2O. The largest absolute Gasteiger partial charge is 0.383 e. The molecule has 0 amide bonds. The third-order valence-electron chi connectivity index (χ3n) is 3.19. The van der Waals surface area contributed by atoms with Gasteiger partial charge >= 0.3 is 0 Å². The van der Waals surface area contributed by atoms with Gasteiger partial charge < -0.3 is 10.1 Å². The highest BCUT2D eigenvalue weighted by Gasteiger charge is 2.28. The summed E-state index contributed by atoms with van der Waals surface area (Å²) in [6.45, 7) is 8.79. The zero-order valence-corrected chi connectivity index (χ0v) is 9.75. The lowest BCUT2D eigenvalue weighted by molar-refractivity contribution is 0.0570. The molecule has 3 nitrogen and oxygen atoms in total. The first kappa shape index (κ1) is 12.0. The average Bonchev–Trinajstić information content (AvgIpc) is 2.12. The third-order valence-corrected chi connectivity index (χ3v) is 3.19. The maximum absolute atomic E-state index is 5.17. The Bertz CT molecular complexity index is 144. The Labute approximate surface area is 87.8 Å². The van der Waals surface area contributed by atoms with Crippen LogP contribution in [0.3, 0.4) is 0 Å². The third kappa shape index (κ3) is 2.94. The summed E-state index contributed by atoms with van der Waals surface area (Å²) < 4.78 is 5.17. The summed E-state index contributed by atoms with van der Waals surface area (Å²) in [5, 5.41) is 3.34. The number of nitrogens with zero attached hydrogens (tertiary/aromatic N) is 1. The molecule has 0 atom stereocenters. The molecule has 84 valence electrons. The number of methoxy groups -OCH3 is 1. The van der Waals surface area contributed by atoms with Crippen molar-refractivity contribution in [1.82, 2.24) is 10.2 Å². The number of nitrogens with one attached hydrogen (secondary N) is 1. The molecule has 1 saturated heterocycles. The minimum absolute atomic E-state index is 0.734. The number of ether oxygens (including phenoxy) is 1. The second kappa shape index (κ2) is 6.38. The molecule has 1 rings (SSSR count). The van der Waals surface area contributed by atoms with Gasteiger partial charge in [0.05, 0.1) is 6.61 Å². The normalized spacial score (nSPS) is 17.8. The molecule has 0 bridgehead atoms. The predicted molar refractivity (Wildman–Crippen MR) is 59.6 cm³/mol. The molecule has 14 heavy (non-hydrogen) atoms. The monoisotopic (exact) mass is 200 g/mol. The zero-order valence-electron chi connectivity index (χ0n) is 9.75. The van der Waals surface area contributed by atoms with Crippen molar-refractivity contribution in [1.29, 1.82) is 0 Å². The van der Waals surface area contributed by atoms with Crippen LogP contribution in [0.5, 0.6) is 0 Å². The maximum Gasteiger partial charge on any atom is 0.0589 e. The van der Waals surface area contributed by atoms with E-state index < -0.39 is 0 Å². The summed E-state index contributed by atoms with van der Waals surface area (Å²) in [7, 11) is 1.78. The van der Waals surface area contributed by atoms with Crippen molar-refractivity contribution in [2.45, 2.75) is 38.8 Å². The van der Waals surface area contributed by atoms with E-state index in [4.69, 9.17) is 4.74 Å². The summed E-state index contributed by atoms with van der Waals surface area (Å²) in [6, 6.07) is 1.48. The molecule has 1 aliphatic heterocycles. The molecule has 1 heterocycles. The predicted octanol–water partition coefficient (Wildman–Crippen LogP) is 1.10. The average molecular weight is 200 g/mol. The first-order valence-electron chi connectivity index (χ1n) is 5.78. The van der Waals surface area contributed by atoms with Crippen molar-refractivity contribution in [2.75, 3.05) is 33.4 Å². The van der Waals surface area contributed by atoms with Crippen molar-refractivity contribution in [2.24, 2.45) is 0 Å². The Morgan fingerprint density at radius 3 is 2.36 bits per heavy atom. The maximum atomic E-state index is 5.17. The fourth-order valence-corrected chi connectivity index (χ4v) is 2.13. The van der Waals surface area contributed by atoms with Crippen LogP contribution in [0.2, 0.25) is 0 Å². The molecule has 1 aliphatic rings. The molecule has 0 aromatic rings. The molecule has 0 aromatic carbocycles. The van der Waals surface area contributed by atoms with Crippen LogP contribution in [0.1, 0.15) is 26.7 Å². The van der Waals surface area contributed by atoms with Gasteiger partial charge in [0.2, 0.25) is 0 Å². The highest BCUT2D eigenvalue weighted by atomic mass is 16.5. The van der Waals surface area contributed by atoms with Crippen molar-refractivity contribution in [3.05, 3.63) is 0 Å². The first-order valence-corrected chi connectivity index (χ1v) is 5.78. The summed E-state index contributed by atoms with van der Waals surface area (Å²) in [5.41, 5.74) is 0. The smallest absolute Gasteiger partial charge is 0.0589 e. The fraction of sp³-hybridized carbons (Fsp3) is 1.00. The Morgan fingerprint density at radius 1 is 1.36 bits per heavy atom. The van der Waals surface area contributed by atoms with E-state index in [2.05, 4.69) is 24.1 Å². The minimum atomic E-state index is 0.734. The van der Waals surface area contributed by atoms with E-state index in [0.717, 1.165) is 38.3 Å². The number of rotatable bonds is 7. The van der Waals surface area contributed by atoms with Gasteiger partial charge in [-0.1, -0.05) is 13.8 Å². The van der Waals surface area contributed by atoms with Crippen molar-refractivity contribution in [3.63, 3.8) is 0 Å². The van der Waals surface area contributed by atoms with Crippen molar-refractivity contribution < 1.29 is 4.74 Å². The molecule has 0 saturated carbocycles. The number of hydrogen-bond acceptors (Lipinski definition) is 3. The van der Waals surface area contributed by atoms with E-state index in [0.29, 0.717) is 0 Å². The summed E-state index contributed by atoms with van der Waals surface area (Å²) in [5.74, 6) is 0. The van der Waals surface area contributed by atoms with Crippen molar-refractivity contribution in [3.8, 4) is 0 Å². The van der Waals surface area contributed by atoms with Gasteiger partial charge in [0.15, 0.2) is 0 Å². The second-order valence-electron chi connectivity index (χ2n) is 4.01. The van der Waals surface area contributed by atoms with Crippen LogP contribution < -0.4 is 5.32 Å². The van der Waals surface area contributed by atoms with Crippen LogP contribution in [-0.4, -0.2) is 50.3 Å². The van der Waals surface area contributed by atoms with E-state index in [1.54, 1.807) is 7.11 Å². The molecule has 0 unspecified atom stereocenters. The summed E-state index contributed by atoms with van der Waals surface area (Å²) in [6.07, 6.45) is 2.49. The Balaban J connectivity index is 2.41. The van der Waals surface area contributed by atoms with Gasteiger partial charge in [-0.2, -0.15) is 0 Å². The van der Waals surface area contributed by atoms with Gasteiger partial charge in [0.1, 0.15) is 0 Å². The van der Waals surface area contributed by atoms with Crippen LogP contribution in [0, 0.1) is 0 Å². The van der Waals surface area contributed by atoms with Gasteiger partial charge in [-0.05, 0) is 12.8 Å². The highest BCUT2D eigenvalue weighted by molar-refractivity contribution is 4.87. The lowest BCUT2D eigenvalue weighted by atomic mass is 10.0. The quantitative estimate of drug-likeness (QED) is 0.666. The van der Waals surface area contributed by atoms with Crippen LogP contribution in [0.25, 0.3) is 0 Å². The van der Waals surface area contributed by atoms with Gasteiger partial charge in [0, 0.05) is 38.8 Å². The summed E-state index contributed by atoms with van der Waals surface area (Å²) in [4.78, 5) is 2.61. The topological polar surface area (TPSA) is 24.5 Å². The van der Waals surface area contributed by atoms with E-state index in [1.165, 1.54) is 12.8 Å². The first-order chi connectivity index (χ1) is 6.83. The molecule has 0 aliphatic carbocycles. The van der Waals surface area contributed by atoms with E-state index in [1.807, 2.05) is 0 Å². The lowest BCUT2D eigenvalue weighted by Crippen LogP contribution is -2.60.